The Bertz CT molecular complexity index is 1040. The first-order valence-electron chi connectivity index (χ1n) is 10.1. The van der Waals surface area contributed by atoms with E-state index in [0.29, 0.717) is 22.8 Å². The molecule has 2 amide bonds. The lowest BCUT2D eigenvalue weighted by atomic mass is 10.2. The van der Waals surface area contributed by atoms with Crippen LogP contribution in [0.25, 0.3) is 11.4 Å². The first kappa shape index (κ1) is 20.5. The molecule has 1 aromatic carbocycles. The lowest BCUT2D eigenvalue weighted by Gasteiger charge is -2.36. The van der Waals surface area contributed by atoms with Crippen LogP contribution in [0, 0.1) is 0 Å². The number of anilines is 3. The molecule has 3 aromatic rings. The van der Waals surface area contributed by atoms with Gasteiger partial charge in [0.1, 0.15) is 5.69 Å². The molecule has 0 bridgehead atoms. The molecule has 0 aliphatic carbocycles. The van der Waals surface area contributed by atoms with Gasteiger partial charge in [-0.15, -0.1) is 0 Å². The second kappa shape index (κ2) is 8.97. The molecule has 1 fully saturated rings. The number of carbonyl (C=O) groups excluding carboxylic acids is 2. The minimum Gasteiger partial charge on any atom is -0.372 e. The molecule has 2 atom stereocenters. The highest BCUT2D eigenvalue weighted by Gasteiger charge is 2.22. The maximum absolute atomic E-state index is 12.4. The average Bonchev–Trinajstić information content (AvgIpc) is 3.22. The van der Waals surface area contributed by atoms with Crippen molar-refractivity contribution in [2.24, 2.45) is 0 Å². The third-order valence-corrected chi connectivity index (χ3v) is 4.92. The number of morpholine rings is 1. The van der Waals surface area contributed by atoms with E-state index in [1.807, 2.05) is 18.2 Å². The van der Waals surface area contributed by atoms with Gasteiger partial charge in [0.2, 0.25) is 0 Å². The molecule has 2 unspecified atom stereocenters. The zero-order chi connectivity index (χ0) is 21.8. The molecule has 1 aliphatic heterocycles. The van der Waals surface area contributed by atoms with E-state index in [2.05, 4.69) is 44.6 Å². The summed E-state index contributed by atoms with van der Waals surface area (Å²) in [6.07, 6.45) is 3.39. The van der Waals surface area contributed by atoms with Crippen LogP contribution in [-0.4, -0.2) is 52.3 Å². The largest absolute Gasteiger partial charge is 0.372 e. The Labute approximate surface area is 179 Å². The average molecular weight is 420 g/mol. The van der Waals surface area contributed by atoms with E-state index in [9.17, 15) is 9.59 Å². The van der Waals surface area contributed by atoms with Crippen molar-refractivity contribution >= 4 is 28.9 Å². The predicted octanol–water partition coefficient (Wildman–Crippen LogP) is 2.66. The number of H-pyrrole nitrogens is 1. The van der Waals surface area contributed by atoms with Crippen molar-refractivity contribution in [2.75, 3.05) is 28.6 Å². The van der Waals surface area contributed by atoms with Crippen LogP contribution in [0.4, 0.5) is 17.1 Å². The fraction of sp³-hybridized carbons (Fsp3) is 0.273. The van der Waals surface area contributed by atoms with Gasteiger partial charge in [0.15, 0.2) is 0 Å². The molecule has 0 saturated carbocycles. The van der Waals surface area contributed by atoms with E-state index in [0.717, 1.165) is 18.8 Å². The predicted molar refractivity (Wildman–Crippen MR) is 118 cm³/mol. The van der Waals surface area contributed by atoms with Gasteiger partial charge in [0.05, 0.1) is 29.8 Å². The van der Waals surface area contributed by atoms with Gasteiger partial charge >= 0.3 is 11.8 Å². The first-order chi connectivity index (χ1) is 15.0. The van der Waals surface area contributed by atoms with Crippen LogP contribution in [-0.2, 0) is 14.3 Å². The molecule has 9 heteroatoms. The zero-order valence-corrected chi connectivity index (χ0v) is 17.3. The summed E-state index contributed by atoms with van der Waals surface area (Å²) in [6.45, 7) is 5.72. The summed E-state index contributed by atoms with van der Waals surface area (Å²) in [5.74, 6) is -1.56. The molecule has 0 spiro atoms. The van der Waals surface area contributed by atoms with Gasteiger partial charge in [-0.2, -0.15) is 5.10 Å². The summed E-state index contributed by atoms with van der Waals surface area (Å²) >= 11 is 0. The first-order valence-corrected chi connectivity index (χ1v) is 10.1. The van der Waals surface area contributed by atoms with E-state index in [1.165, 1.54) is 6.20 Å². The molecule has 3 N–H and O–H groups in total. The number of hydrogen-bond donors (Lipinski definition) is 3. The fourth-order valence-electron chi connectivity index (χ4n) is 3.60. The Morgan fingerprint density at radius 3 is 2.42 bits per heavy atom. The normalized spacial score (nSPS) is 18.5. The highest BCUT2D eigenvalue weighted by Crippen LogP contribution is 2.24. The minimum absolute atomic E-state index is 0.158. The topological polar surface area (TPSA) is 112 Å². The number of carbonyl (C=O) groups is 2. The Balaban J connectivity index is 1.38. The number of pyridine rings is 1. The summed E-state index contributed by atoms with van der Waals surface area (Å²) < 4.78 is 5.77. The molecule has 1 saturated heterocycles. The summed E-state index contributed by atoms with van der Waals surface area (Å²) in [7, 11) is 0. The quantitative estimate of drug-likeness (QED) is 0.560. The van der Waals surface area contributed by atoms with Crippen molar-refractivity contribution < 1.29 is 14.3 Å². The zero-order valence-electron chi connectivity index (χ0n) is 17.3. The van der Waals surface area contributed by atoms with Gasteiger partial charge < -0.3 is 20.3 Å². The van der Waals surface area contributed by atoms with Gasteiger partial charge in [-0.3, -0.25) is 19.7 Å². The van der Waals surface area contributed by atoms with Gasteiger partial charge in [-0.1, -0.05) is 6.07 Å². The van der Waals surface area contributed by atoms with E-state index in [-0.39, 0.29) is 12.2 Å². The standard InChI is InChI=1S/C22H24N6O3/c1-14-12-28(13-15(2)31-14)17-8-6-16(7-9-17)25-21(29)22(30)26-19-11-24-27-20(19)18-5-3-4-10-23-18/h3-11,14-15H,12-13H2,1-2H3,(H,24,27)(H,25,29)(H,26,30). The van der Waals surface area contributed by atoms with Crippen LogP contribution >= 0.6 is 0 Å². The molecule has 9 nitrogen and oxygen atoms in total. The number of aromatic amines is 1. The third-order valence-electron chi connectivity index (χ3n) is 4.92. The Morgan fingerprint density at radius 1 is 1.03 bits per heavy atom. The lowest BCUT2D eigenvalue weighted by Crippen LogP contribution is -2.45. The van der Waals surface area contributed by atoms with Crippen molar-refractivity contribution in [3.8, 4) is 11.4 Å². The molecule has 2 aromatic heterocycles. The van der Waals surface area contributed by atoms with Gasteiger partial charge in [0.25, 0.3) is 0 Å². The smallest absolute Gasteiger partial charge is 0.314 e. The van der Waals surface area contributed by atoms with Gasteiger partial charge in [-0.25, -0.2) is 0 Å². The molecule has 1 aliphatic rings. The number of benzene rings is 1. The second-order valence-corrected chi connectivity index (χ2v) is 7.49. The highest BCUT2D eigenvalue weighted by atomic mass is 16.5. The SMILES string of the molecule is CC1CN(c2ccc(NC(=O)C(=O)Nc3cn[nH]c3-c3ccccn3)cc2)CC(C)O1. The van der Waals surface area contributed by atoms with E-state index in [4.69, 9.17) is 4.74 Å². The summed E-state index contributed by atoms with van der Waals surface area (Å²) in [5, 5.41) is 11.9. The van der Waals surface area contributed by atoms with Crippen molar-refractivity contribution in [2.45, 2.75) is 26.1 Å². The molecule has 160 valence electrons. The van der Waals surface area contributed by atoms with E-state index in [1.54, 1.807) is 30.5 Å². The number of ether oxygens (including phenoxy) is 1. The van der Waals surface area contributed by atoms with Gasteiger partial charge in [-0.05, 0) is 50.2 Å². The van der Waals surface area contributed by atoms with Crippen LogP contribution in [0.3, 0.4) is 0 Å². The number of aromatic nitrogens is 3. The van der Waals surface area contributed by atoms with E-state index >= 15 is 0 Å². The van der Waals surface area contributed by atoms with Crippen LogP contribution in [0.1, 0.15) is 13.8 Å². The highest BCUT2D eigenvalue weighted by molar-refractivity contribution is 6.43. The Morgan fingerprint density at radius 2 is 1.74 bits per heavy atom. The summed E-state index contributed by atoms with van der Waals surface area (Å²) in [4.78, 5) is 31.2. The summed E-state index contributed by atoms with van der Waals surface area (Å²) in [5.41, 5.74) is 3.10. The number of nitrogens with one attached hydrogen (secondary N) is 3. The Hall–Kier alpha value is -3.72. The molecule has 4 rings (SSSR count). The van der Waals surface area contributed by atoms with Crippen LogP contribution in [0.15, 0.2) is 54.9 Å². The number of amides is 2. The molecular formula is C22H24N6O3. The summed E-state index contributed by atoms with van der Waals surface area (Å²) in [6, 6.07) is 12.8. The van der Waals surface area contributed by atoms with Crippen LogP contribution in [0.5, 0.6) is 0 Å². The van der Waals surface area contributed by atoms with Crippen molar-refractivity contribution in [3.05, 3.63) is 54.9 Å². The lowest BCUT2D eigenvalue weighted by molar-refractivity contribution is -0.132. The van der Waals surface area contributed by atoms with Crippen molar-refractivity contribution in [1.29, 1.82) is 0 Å². The Kier molecular flexibility index (Phi) is 5.94. The van der Waals surface area contributed by atoms with Gasteiger partial charge in [0, 0.05) is 30.7 Å². The molecule has 31 heavy (non-hydrogen) atoms. The van der Waals surface area contributed by atoms with Crippen molar-refractivity contribution in [1.82, 2.24) is 15.2 Å². The number of nitrogens with zero attached hydrogens (tertiary/aromatic N) is 3. The van der Waals surface area contributed by atoms with E-state index < -0.39 is 11.8 Å². The second-order valence-electron chi connectivity index (χ2n) is 7.49. The third kappa shape index (κ3) is 4.89. The molecule has 0 radical (unpaired) electrons. The number of rotatable bonds is 4. The monoisotopic (exact) mass is 420 g/mol. The fourth-order valence-corrected chi connectivity index (χ4v) is 3.60. The number of hydrogen-bond acceptors (Lipinski definition) is 6. The molecule has 3 heterocycles. The molecular weight excluding hydrogens is 396 g/mol. The maximum Gasteiger partial charge on any atom is 0.314 e. The van der Waals surface area contributed by atoms with Crippen LogP contribution in [0.2, 0.25) is 0 Å². The minimum atomic E-state index is -0.793. The maximum atomic E-state index is 12.4. The van der Waals surface area contributed by atoms with Crippen LogP contribution < -0.4 is 15.5 Å². The van der Waals surface area contributed by atoms with Crippen molar-refractivity contribution in [3.63, 3.8) is 0 Å².